The summed E-state index contributed by atoms with van der Waals surface area (Å²) in [7, 11) is -3.49. The molecular formula is C9H15N3O3S. The molecule has 0 spiro atoms. The van der Waals surface area contributed by atoms with E-state index < -0.39 is 15.6 Å². The minimum absolute atomic E-state index is 0.127. The van der Waals surface area contributed by atoms with E-state index in [4.69, 9.17) is 4.74 Å². The first-order valence-electron chi connectivity index (χ1n) is 5.04. The lowest BCUT2D eigenvalue weighted by Crippen LogP contribution is -2.55. The highest BCUT2D eigenvalue weighted by Crippen LogP contribution is 2.26. The summed E-state index contributed by atoms with van der Waals surface area (Å²) in [4.78, 5) is 0. The van der Waals surface area contributed by atoms with Crippen LogP contribution in [0.1, 0.15) is 13.8 Å². The number of aromatic amines is 1. The Balaban J connectivity index is 2.37. The molecule has 1 N–H and O–H groups in total. The third-order valence-corrected chi connectivity index (χ3v) is 4.65. The lowest BCUT2D eigenvalue weighted by atomic mass is 10.1. The number of rotatable bonds is 2. The Hall–Kier alpha value is -0.920. The van der Waals surface area contributed by atoms with Crippen LogP contribution in [-0.2, 0) is 14.8 Å². The van der Waals surface area contributed by atoms with Crippen molar-refractivity contribution in [3.63, 3.8) is 0 Å². The predicted molar refractivity (Wildman–Crippen MR) is 57.4 cm³/mol. The lowest BCUT2D eigenvalue weighted by Gasteiger charge is -2.40. The third kappa shape index (κ3) is 1.85. The van der Waals surface area contributed by atoms with E-state index in [1.165, 1.54) is 16.6 Å². The number of hydrogen-bond donors (Lipinski definition) is 1. The van der Waals surface area contributed by atoms with E-state index >= 15 is 0 Å². The molecule has 7 heteroatoms. The van der Waals surface area contributed by atoms with Crippen LogP contribution in [-0.4, -0.2) is 48.2 Å². The molecule has 2 rings (SSSR count). The average molecular weight is 245 g/mol. The summed E-state index contributed by atoms with van der Waals surface area (Å²) in [5.41, 5.74) is -0.526. The Bertz CT molecular complexity index is 452. The second kappa shape index (κ2) is 3.83. The normalized spacial score (nSPS) is 22.1. The van der Waals surface area contributed by atoms with Gasteiger partial charge in [-0.1, -0.05) is 0 Å². The Labute approximate surface area is 94.6 Å². The standard InChI is InChI=1S/C9H15N3O3S/c1-9(2)7-15-6-5-12(9)16(13,14)8-3-4-10-11-8/h3-4H,5-7H2,1-2H3,(H,10,11). The molecule has 0 unspecified atom stereocenters. The van der Waals surface area contributed by atoms with Crippen LogP contribution in [0.3, 0.4) is 0 Å². The van der Waals surface area contributed by atoms with Gasteiger partial charge in [0, 0.05) is 6.54 Å². The molecule has 16 heavy (non-hydrogen) atoms. The summed E-state index contributed by atoms with van der Waals surface area (Å²) in [6.45, 7) is 4.89. The van der Waals surface area contributed by atoms with E-state index in [2.05, 4.69) is 10.2 Å². The van der Waals surface area contributed by atoms with Crippen LogP contribution in [0.15, 0.2) is 17.3 Å². The van der Waals surface area contributed by atoms with Crippen LogP contribution in [0.4, 0.5) is 0 Å². The van der Waals surface area contributed by atoms with Gasteiger partial charge in [-0.2, -0.15) is 9.40 Å². The van der Waals surface area contributed by atoms with E-state index in [1.54, 1.807) is 0 Å². The van der Waals surface area contributed by atoms with E-state index in [0.29, 0.717) is 19.8 Å². The van der Waals surface area contributed by atoms with Gasteiger partial charge in [0.1, 0.15) is 0 Å². The summed E-state index contributed by atoms with van der Waals surface area (Å²) in [5, 5.41) is 6.29. The summed E-state index contributed by atoms with van der Waals surface area (Å²) in [6.07, 6.45) is 1.43. The van der Waals surface area contributed by atoms with Gasteiger partial charge >= 0.3 is 0 Å². The third-order valence-electron chi connectivity index (χ3n) is 2.61. The Morgan fingerprint density at radius 2 is 2.31 bits per heavy atom. The zero-order chi connectivity index (χ0) is 11.8. The zero-order valence-electron chi connectivity index (χ0n) is 9.30. The summed E-state index contributed by atoms with van der Waals surface area (Å²) < 4.78 is 31.3. The van der Waals surface area contributed by atoms with Crippen LogP contribution < -0.4 is 0 Å². The zero-order valence-corrected chi connectivity index (χ0v) is 10.1. The van der Waals surface area contributed by atoms with Crippen LogP contribution >= 0.6 is 0 Å². The van der Waals surface area contributed by atoms with Gasteiger partial charge < -0.3 is 4.74 Å². The van der Waals surface area contributed by atoms with Crippen molar-refractivity contribution in [3.8, 4) is 0 Å². The van der Waals surface area contributed by atoms with Crippen molar-refractivity contribution in [2.75, 3.05) is 19.8 Å². The molecule has 1 aliphatic rings. The topological polar surface area (TPSA) is 75.3 Å². The number of aromatic nitrogens is 2. The minimum Gasteiger partial charge on any atom is -0.378 e. The number of morpholine rings is 1. The van der Waals surface area contributed by atoms with E-state index in [0.717, 1.165) is 0 Å². The molecule has 0 saturated carbocycles. The second-order valence-corrected chi connectivity index (χ2v) is 6.19. The van der Waals surface area contributed by atoms with E-state index in [9.17, 15) is 8.42 Å². The van der Waals surface area contributed by atoms with Crippen molar-refractivity contribution < 1.29 is 13.2 Å². The van der Waals surface area contributed by atoms with Gasteiger partial charge in [0.05, 0.1) is 24.9 Å². The highest BCUT2D eigenvalue weighted by molar-refractivity contribution is 7.89. The quantitative estimate of drug-likeness (QED) is 0.808. The van der Waals surface area contributed by atoms with E-state index in [-0.39, 0.29) is 5.03 Å². The van der Waals surface area contributed by atoms with Crippen LogP contribution in [0.5, 0.6) is 0 Å². The molecule has 0 atom stereocenters. The van der Waals surface area contributed by atoms with Gasteiger partial charge in [-0.05, 0) is 19.9 Å². The van der Waals surface area contributed by atoms with Gasteiger partial charge in [0.2, 0.25) is 0 Å². The van der Waals surface area contributed by atoms with Crippen LogP contribution in [0.2, 0.25) is 0 Å². The first-order valence-corrected chi connectivity index (χ1v) is 6.48. The fraction of sp³-hybridized carbons (Fsp3) is 0.667. The van der Waals surface area contributed by atoms with Crippen LogP contribution in [0.25, 0.3) is 0 Å². The van der Waals surface area contributed by atoms with Crippen molar-refractivity contribution in [1.29, 1.82) is 0 Å². The molecule has 0 radical (unpaired) electrons. The molecule has 1 aromatic rings. The van der Waals surface area contributed by atoms with Crippen molar-refractivity contribution >= 4 is 10.0 Å². The van der Waals surface area contributed by atoms with Crippen molar-refractivity contribution in [2.45, 2.75) is 24.4 Å². The molecular weight excluding hydrogens is 230 g/mol. The first kappa shape index (κ1) is 11.6. The highest BCUT2D eigenvalue weighted by Gasteiger charge is 2.40. The van der Waals surface area contributed by atoms with Crippen molar-refractivity contribution in [1.82, 2.24) is 14.5 Å². The molecule has 6 nitrogen and oxygen atoms in total. The molecule has 1 saturated heterocycles. The van der Waals surface area contributed by atoms with Crippen LogP contribution in [0, 0.1) is 0 Å². The van der Waals surface area contributed by atoms with Gasteiger partial charge in [-0.15, -0.1) is 0 Å². The average Bonchev–Trinajstić information content (AvgIpc) is 2.69. The molecule has 1 aromatic heterocycles. The number of ether oxygens (including phenoxy) is 1. The fourth-order valence-electron chi connectivity index (χ4n) is 1.80. The van der Waals surface area contributed by atoms with Gasteiger partial charge in [0.25, 0.3) is 10.0 Å². The van der Waals surface area contributed by atoms with Crippen molar-refractivity contribution in [3.05, 3.63) is 12.3 Å². The Morgan fingerprint density at radius 1 is 1.56 bits per heavy atom. The molecule has 1 fully saturated rings. The lowest BCUT2D eigenvalue weighted by molar-refractivity contribution is -0.00782. The molecule has 2 heterocycles. The first-order chi connectivity index (χ1) is 7.44. The number of sulfonamides is 1. The van der Waals surface area contributed by atoms with Crippen molar-refractivity contribution in [2.24, 2.45) is 0 Å². The van der Waals surface area contributed by atoms with Gasteiger partial charge in [-0.25, -0.2) is 8.42 Å². The predicted octanol–water partition coefficient (Wildman–Crippen LogP) is 0.209. The summed E-state index contributed by atoms with van der Waals surface area (Å²) in [6, 6.07) is 1.46. The molecule has 90 valence electrons. The Morgan fingerprint density at radius 3 is 2.88 bits per heavy atom. The molecule has 0 bridgehead atoms. The monoisotopic (exact) mass is 245 g/mol. The molecule has 0 aliphatic carbocycles. The fourth-order valence-corrected chi connectivity index (χ4v) is 3.45. The largest absolute Gasteiger partial charge is 0.378 e. The SMILES string of the molecule is CC1(C)COCCN1S(=O)(=O)c1ccn[nH]1. The number of nitrogens with zero attached hydrogens (tertiary/aromatic N) is 2. The van der Waals surface area contributed by atoms with Gasteiger partial charge in [-0.3, -0.25) is 5.10 Å². The maximum absolute atomic E-state index is 12.3. The second-order valence-electron chi connectivity index (χ2n) is 4.36. The minimum atomic E-state index is -3.49. The molecule has 0 aromatic carbocycles. The maximum atomic E-state index is 12.3. The van der Waals surface area contributed by atoms with Gasteiger partial charge in [0.15, 0.2) is 5.03 Å². The molecule has 0 amide bonds. The smallest absolute Gasteiger partial charge is 0.260 e. The summed E-state index contributed by atoms with van der Waals surface area (Å²) >= 11 is 0. The molecule has 1 aliphatic heterocycles. The number of H-pyrrole nitrogens is 1. The highest BCUT2D eigenvalue weighted by atomic mass is 32.2. The Kier molecular flexibility index (Phi) is 2.77. The summed E-state index contributed by atoms with van der Waals surface area (Å²) in [5.74, 6) is 0. The number of hydrogen-bond acceptors (Lipinski definition) is 4. The van der Waals surface area contributed by atoms with E-state index in [1.807, 2.05) is 13.8 Å². The maximum Gasteiger partial charge on any atom is 0.260 e. The number of nitrogens with one attached hydrogen (secondary N) is 1.